The van der Waals surface area contributed by atoms with Gasteiger partial charge in [-0.25, -0.2) is 4.79 Å². The molecule has 1 aromatic rings. The highest BCUT2D eigenvalue weighted by atomic mass is 16.5. The lowest BCUT2D eigenvalue weighted by Gasteiger charge is -2.28. The minimum Gasteiger partial charge on any atom is -0.489 e. The Labute approximate surface area is 132 Å². The number of carbonyl (C=O) groups is 1. The van der Waals surface area contributed by atoms with Crippen LogP contribution in [0, 0.1) is 6.92 Å². The molecule has 0 heterocycles. The van der Waals surface area contributed by atoms with Crippen LogP contribution in [0.15, 0.2) is 24.3 Å². The first kappa shape index (κ1) is 16.6. The summed E-state index contributed by atoms with van der Waals surface area (Å²) in [5, 5.41) is 15.2. The van der Waals surface area contributed by atoms with Crippen LogP contribution in [-0.4, -0.2) is 35.9 Å². The van der Waals surface area contributed by atoms with Crippen molar-refractivity contribution in [2.75, 3.05) is 13.2 Å². The summed E-state index contributed by atoms with van der Waals surface area (Å²) in [6.45, 7) is 4.34. The van der Waals surface area contributed by atoms with Gasteiger partial charge in [0.15, 0.2) is 0 Å². The first-order valence-corrected chi connectivity index (χ1v) is 7.93. The fraction of sp³-hybridized carbons (Fsp3) is 0.588. The molecule has 22 heavy (non-hydrogen) atoms. The first-order valence-electron chi connectivity index (χ1n) is 7.93. The molecule has 0 bridgehead atoms. The number of carbonyl (C=O) groups excluding carboxylic acids is 1. The summed E-state index contributed by atoms with van der Waals surface area (Å²) in [5.41, 5.74) is 0.701. The second kappa shape index (κ2) is 7.49. The summed E-state index contributed by atoms with van der Waals surface area (Å²) >= 11 is 0. The highest BCUT2D eigenvalue weighted by Gasteiger charge is 2.34. The molecule has 1 saturated carbocycles. The number of hydrogen-bond acceptors (Lipinski definition) is 3. The molecular weight excluding hydrogens is 280 g/mol. The van der Waals surface area contributed by atoms with E-state index in [0.717, 1.165) is 37.0 Å². The number of aliphatic hydroxyl groups is 1. The van der Waals surface area contributed by atoms with E-state index < -0.39 is 5.54 Å². The van der Waals surface area contributed by atoms with Gasteiger partial charge in [-0.05, 0) is 44.4 Å². The summed E-state index contributed by atoms with van der Waals surface area (Å²) in [7, 11) is 0. The Morgan fingerprint density at radius 2 is 2.14 bits per heavy atom. The molecule has 2 rings (SSSR count). The van der Waals surface area contributed by atoms with E-state index in [-0.39, 0.29) is 18.7 Å². The molecule has 0 spiro atoms. The molecule has 1 fully saturated rings. The van der Waals surface area contributed by atoms with Crippen molar-refractivity contribution in [1.29, 1.82) is 0 Å². The molecular formula is C17H26N2O3. The summed E-state index contributed by atoms with van der Waals surface area (Å²) in [6, 6.07) is 7.59. The Kier molecular flexibility index (Phi) is 5.66. The monoisotopic (exact) mass is 306 g/mol. The van der Waals surface area contributed by atoms with Gasteiger partial charge in [-0.1, -0.05) is 25.0 Å². The van der Waals surface area contributed by atoms with Gasteiger partial charge in [-0.3, -0.25) is 0 Å². The van der Waals surface area contributed by atoms with Gasteiger partial charge < -0.3 is 20.5 Å². The molecule has 0 saturated heterocycles. The van der Waals surface area contributed by atoms with Gasteiger partial charge in [0.2, 0.25) is 0 Å². The van der Waals surface area contributed by atoms with Crippen LogP contribution < -0.4 is 15.4 Å². The van der Waals surface area contributed by atoms with E-state index in [9.17, 15) is 9.90 Å². The molecule has 1 aliphatic rings. The topological polar surface area (TPSA) is 70.6 Å². The van der Waals surface area contributed by atoms with Gasteiger partial charge in [0, 0.05) is 0 Å². The highest BCUT2D eigenvalue weighted by Crippen LogP contribution is 2.28. The summed E-state index contributed by atoms with van der Waals surface area (Å²) in [6.07, 6.45) is 3.65. The summed E-state index contributed by atoms with van der Waals surface area (Å²) < 4.78 is 5.78. The number of aryl methyl sites for hydroxylation is 1. The molecule has 0 radical (unpaired) electrons. The normalized spacial score (nSPS) is 17.8. The van der Waals surface area contributed by atoms with E-state index in [1.807, 2.05) is 38.1 Å². The lowest BCUT2D eigenvalue weighted by Crippen LogP contribution is -2.53. The predicted molar refractivity (Wildman–Crippen MR) is 86.1 cm³/mol. The molecule has 5 nitrogen and oxygen atoms in total. The third-order valence-corrected chi connectivity index (χ3v) is 4.12. The molecule has 1 atom stereocenters. The number of urea groups is 1. The van der Waals surface area contributed by atoms with Crippen molar-refractivity contribution in [3.05, 3.63) is 29.8 Å². The fourth-order valence-electron chi connectivity index (χ4n) is 2.86. The number of aliphatic hydroxyl groups excluding tert-OH is 1. The van der Waals surface area contributed by atoms with E-state index >= 15 is 0 Å². The molecule has 3 N–H and O–H groups in total. The van der Waals surface area contributed by atoms with E-state index in [1.165, 1.54) is 0 Å². The van der Waals surface area contributed by atoms with Crippen molar-refractivity contribution in [1.82, 2.24) is 10.6 Å². The Balaban J connectivity index is 1.76. The largest absolute Gasteiger partial charge is 0.489 e. The SMILES string of the molecule is Cc1cccc(OC(C)CNC(=O)NC2(CO)CCCC2)c1. The predicted octanol–water partition coefficient (Wildman–Crippen LogP) is 2.37. The zero-order valence-corrected chi connectivity index (χ0v) is 13.4. The van der Waals surface area contributed by atoms with Crippen molar-refractivity contribution in [3.8, 4) is 5.75 Å². The van der Waals surface area contributed by atoms with Crippen molar-refractivity contribution >= 4 is 6.03 Å². The first-order chi connectivity index (χ1) is 10.5. The number of hydrogen-bond donors (Lipinski definition) is 3. The fourth-order valence-corrected chi connectivity index (χ4v) is 2.86. The van der Waals surface area contributed by atoms with E-state index in [4.69, 9.17) is 4.74 Å². The zero-order valence-electron chi connectivity index (χ0n) is 13.4. The molecule has 2 amide bonds. The maximum atomic E-state index is 12.0. The van der Waals surface area contributed by atoms with Gasteiger partial charge in [-0.2, -0.15) is 0 Å². The lowest BCUT2D eigenvalue weighted by atomic mass is 9.99. The standard InChI is InChI=1S/C17H26N2O3/c1-13-6-5-7-15(10-13)22-14(2)11-18-16(21)19-17(12-20)8-3-4-9-17/h5-7,10,14,20H,3-4,8-9,11-12H2,1-2H3,(H2,18,19,21). The average molecular weight is 306 g/mol. The Hall–Kier alpha value is -1.75. The minimum atomic E-state index is -0.440. The average Bonchev–Trinajstić information content (AvgIpc) is 2.94. The Morgan fingerprint density at radius 3 is 2.77 bits per heavy atom. The van der Waals surface area contributed by atoms with E-state index in [1.54, 1.807) is 0 Å². The molecule has 0 aliphatic heterocycles. The van der Waals surface area contributed by atoms with E-state index in [2.05, 4.69) is 10.6 Å². The van der Waals surface area contributed by atoms with Crippen LogP contribution in [-0.2, 0) is 0 Å². The van der Waals surface area contributed by atoms with Crippen LogP contribution in [0.25, 0.3) is 0 Å². The van der Waals surface area contributed by atoms with Crippen LogP contribution in [0.2, 0.25) is 0 Å². The number of ether oxygens (including phenoxy) is 1. The number of nitrogens with one attached hydrogen (secondary N) is 2. The van der Waals surface area contributed by atoms with Crippen molar-refractivity contribution in [3.63, 3.8) is 0 Å². The minimum absolute atomic E-state index is 0.00420. The van der Waals surface area contributed by atoms with Crippen LogP contribution >= 0.6 is 0 Å². The third kappa shape index (κ3) is 4.63. The molecule has 5 heteroatoms. The molecule has 1 aromatic carbocycles. The Bertz CT molecular complexity index is 498. The van der Waals surface area contributed by atoms with Crippen molar-refractivity contribution < 1.29 is 14.6 Å². The van der Waals surface area contributed by atoms with Crippen LogP contribution in [0.3, 0.4) is 0 Å². The second-order valence-electron chi connectivity index (χ2n) is 6.23. The quantitative estimate of drug-likeness (QED) is 0.755. The maximum absolute atomic E-state index is 12.0. The molecule has 0 aromatic heterocycles. The second-order valence-corrected chi connectivity index (χ2v) is 6.23. The van der Waals surface area contributed by atoms with Gasteiger partial charge in [-0.15, -0.1) is 0 Å². The maximum Gasteiger partial charge on any atom is 0.315 e. The number of amides is 2. The van der Waals surface area contributed by atoms with Crippen LogP contribution in [0.1, 0.15) is 38.2 Å². The van der Waals surface area contributed by atoms with Crippen LogP contribution in [0.5, 0.6) is 5.75 Å². The zero-order chi connectivity index (χ0) is 16.0. The molecule has 1 unspecified atom stereocenters. The van der Waals surface area contributed by atoms with E-state index in [0.29, 0.717) is 6.54 Å². The highest BCUT2D eigenvalue weighted by molar-refractivity contribution is 5.74. The lowest BCUT2D eigenvalue weighted by molar-refractivity contribution is 0.159. The van der Waals surface area contributed by atoms with Crippen LogP contribution in [0.4, 0.5) is 4.79 Å². The number of benzene rings is 1. The van der Waals surface area contributed by atoms with Crippen molar-refractivity contribution in [2.24, 2.45) is 0 Å². The Morgan fingerprint density at radius 1 is 1.41 bits per heavy atom. The number of rotatable bonds is 6. The van der Waals surface area contributed by atoms with Gasteiger partial charge in [0.1, 0.15) is 11.9 Å². The molecule has 122 valence electrons. The third-order valence-electron chi connectivity index (χ3n) is 4.12. The van der Waals surface area contributed by atoms with Crippen molar-refractivity contribution in [2.45, 2.75) is 51.2 Å². The summed E-state index contributed by atoms with van der Waals surface area (Å²) in [5.74, 6) is 0.803. The van der Waals surface area contributed by atoms with Gasteiger partial charge in [0.05, 0.1) is 18.7 Å². The smallest absolute Gasteiger partial charge is 0.315 e. The van der Waals surface area contributed by atoms with Gasteiger partial charge >= 0.3 is 6.03 Å². The van der Waals surface area contributed by atoms with Gasteiger partial charge in [0.25, 0.3) is 0 Å². The molecule has 1 aliphatic carbocycles. The summed E-state index contributed by atoms with van der Waals surface area (Å²) in [4.78, 5) is 12.0.